The maximum Gasteiger partial charge on any atom is 0.0653 e. The Morgan fingerprint density at radius 2 is 1.68 bits per heavy atom. The molecule has 0 aromatic carbocycles. The van der Waals surface area contributed by atoms with Crippen LogP contribution in [0.2, 0.25) is 0 Å². The summed E-state index contributed by atoms with van der Waals surface area (Å²) in [4.78, 5) is 0. The second kappa shape index (κ2) is 4.51. The quantitative estimate of drug-likeness (QED) is 0.764. The smallest absolute Gasteiger partial charge is 0.0653 e. The van der Waals surface area contributed by atoms with Crippen LogP contribution in [0.25, 0.3) is 0 Å². The van der Waals surface area contributed by atoms with Crippen molar-refractivity contribution in [3.8, 4) is 0 Å². The van der Waals surface area contributed by atoms with Crippen LogP contribution in [-0.4, -0.2) is 22.4 Å². The van der Waals surface area contributed by atoms with Crippen LogP contribution >= 0.6 is 0 Å². The summed E-state index contributed by atoms with van der Waals surface area (Å²) in [6.07, 6.45) is 11.2. The molecular weight excluding hydrogens is 272 g/mol. The molecule has 0 radical (unpaired) electrons. The van der Waals surface area contributed by atoms with Gasteiger partial charge in [-0.15, -0.1) is 0 Å². The van der Waals surface area contributed by atoms with Crippen LogP contribution in [0.5, 0.6) is 0 Å². The number of rotatable bonds is 1. The van der Waals surface area contributed by atoms with Crippen LogP contribution in [0.3, 0.4) is 0 Å². The van der Waals surface area contributed by atoms with Crippen molar-refractivity contribution in [3.05, 3.63) is 0 Å². The molecule has 0 aromatic heterocycles. The van der Waals surface area contributed by atoms with Gasteiger partial charge in [-0.1, -0.05) is 20.3 Å². The van der Waals surface area contributed by atoms with Gasteiger partial charge in [-0.2, -0.15) is 0 Å². The number of aliphatic hydroxyl groups is 2. The van der Waals surface area contributed by atoms with Crippen molar-refractivity contribution in [2.24, 2.45) is 34.0 Å². The fourth-order valence-electron chi connectivity index (χ4n) is 8.01. The molecule has 0 heterocycles. The molecule has 22 heavy (non-hydrogen) atoms. The van der Waals surface area contributed by atoms with E-state index in [1.165, 1.54) is 51.4 Å². The lowest BCUT2D eigenvalue weighted by molar-refractivity contribution is -0.234. The van der Waals surface area contributed by atoms with E-state index in [4.69, 9.17) is 0 Å². The van der Waals surface area contributed by atoms with Crippen LogP contribution in [-0.2, 0) is 0 Å². The third kappa shape index (κ3) is 1.80. The molecule has 2 heteroatoms. The zero-order valence-corrected chi connectivity index (χ0v) is 14.7. The highest BCUT2D eigenvalue weighted by Crippen LogP contribution is 2.72. The third-order valence-electron chi connectivity index (χ3n) is 9.03. The summed E-state index contributed by atoms with van der Waals surface area (Å²) in [7, 11) is 0. The Kier molecular flexibility index (Phi) is 3.16. The summed E-state index contributed by atoms with van der Waals surface area (Å²) in [5.41, 5.74) is 0.501. The predicted molar refractivity (Wildman–Crippen MR) is 88.4 cm³/mol. The second-order valence-corrected chi connectivity index (χ2v) is 10.2. The van der Waals surface area contributed by atoms with Gasteiger partial charge >= 0.3 is 0 Å². The first-order chi connectivity index (χ1) is 10.3. The summed E-state index contributed by atoms with van der Waals surface area (Å²) < 4.78 is 0. The van der Waals surface area contributed by atoms with Crippen molar-refractivity contribution in [3.63, 3.8) is 0 Å². The monoisotopic (exact) mass is 306 g/mol. The van der Waals surface area contributed by atoms with E-state index < -0.39 is 5.60 Å². The molecule has 0 aliphatic heterocycles. The minimum absolute atomic E-state index is 0.133. The lowest BCUT2D eigenvalue weighted by Gasteiger charge is -2.70. The highest BCUT2D eigenvalue weighted by molar-refractivity contribution is 5.15. The first-order valence-electron chi connectivity index (χ1n) is 9.59. The zero-order chi connectivity index (χ0) is 15.8. The minimum atomic E-state index is -0.424. The molecule has 5 rings (SSSR count). The van der Waals surface area contributed by atoms with Gasteiger partial charge in [0.2, 0.25) is 0 Å². The number of hydrogen-bond donors (Lipinski definition) is 2. The fraction of sp³-hybridized carbons (Fsp3) is 1.00. The number of aliphatic hydroxyl groups excluding tert-OH is 1. The Hall–Kier alpha value is -0.0800. The van der Waals surface area contributed by atoms with E-state index >= 15 is 0 Å². The molecule has 5 fully saturated rings. The van der Waals surface area contributed by atoms with E-state index in [9.17, 15) is 10.2 Å². The second-order valence-electron chi connectivity index (χ2n) is 10.2. The van der Waals surface area contributed by atoms with E-state index in [-0.39, 0.29) is 5.41 Å². The molecule has 0 unspecified atom stereocenters. The van der Waals surface area contributed by atoms with Gasteiger partial charge in [-0.3, -0.25) is 0 Å². The summed E-state index contributed by atoms with van der Waals surface area (Å²) >= 11 is 0. The van der Waals surface area contributed by atoms with E-state index in [0.29, 0.717) is 29.3 Å². The van der Waals surface area contributed by atoms with E-state index in [1.807, 2.05) is 0 Å². The Bertz CT molecular complexity index is 472. The SMILES string of the molecule is C[C@]1(CO)CCC[C@]2(C)[C@@H]1CC[C@@]13CC[C@@H](C[C@@H]12)[C@@](C)(O)C3. The fourth-order valence-corrected chi connectivity index (χ4v) is 8.01. The van der Waals surface area contributed by atoms with Crippen molar-refractivity contribution in [2.75, 3.05) is 6.61 Å². The molecule has 0 saturated heterocycles. The van der Waals surface area contributed by atoms with Gasteiger partial charge in [0, 0.05) is 6.61 Å². The first kappa shape index (κ1) is 15.4. The summed E-state index contributed by atoms with van der Waals surface area (Å²) in [6, 6.07) is 0. The highest BCUT2D eigenvalue weighted by Gasteiger charge is 2.66. The minimum Gasteiger partial charge on any atom is -0.396 e. The molecule has 1 spiro atoms. The number of fused-ring (bicyclic) bond motifs is 3. The summed E-state index contributed by atoms with van der Waals surface area (Å²) in [6.45, 7) is 7.34. The van der Waals surface area contributed by atoms with Crippen molar-refractivity contribution in [2.45, 2.75) is 84.2 Å². The Balaban J connectivity index is 1.73. The molecule has 0 amide bonds. The van der Waals surface area contributed by atoms with E-state index in [2.05, 4.69) is 20.8 Å². The average Bonchev–Trinajstić information content (AvgIpc) is 2.45. The molecule has 126 valence electrons. The molecule has 7 atom stereocenters. The summed E-state index contributed by atoms with van der Waals surface area (Å²) in [5, 5.41) is 21.0. The molecule has 5 aliphatic carbocycles. The molecule has 0 aromatic rings. The standard InChI is InChI=1S/C20H34O2/c1-17(13-21)7-4-8-18(2)15(17)6-10-20-9-5-14(11-16(18)20)19(3,22)12-20/h14-16,21-22H,4-13H2,1-3H3/t14-,15+,16+,17+,18+,19-,20+/m0/s1. The van der Waals surface area contributed by atoms with Crippen molar-refractivity contribution in [1.29, 1.82) is 0 Å². The molecular formula is C20H34O2. The van der Waals surface area contributed by atoms with Crippen molar-refractivity contribution >= 4 is 0 Å². The van der Waals surface area contributed by atoms with Crippen LogP contribution in [0.1, 0.15) is 78.6 Å². The first-order valence-corrected chi connectivity index (χ1v) is 9.59. The zero-order valence-electron chi connectivity index (χ0n) is 14.7. The molecule has 2 nitrogen and oxygen atoms in total. The molecule has 2 N–H and O–H groups in total. The largest absolute Gasteiger partial charge is 0.396 e. The molecule has 5 saturated carbocycles. The van der Waals surface area contributed by atoms with Crippen LogP contribution < -0.4 is 0 Å². The van der Waals surface area contributed by atoms with Gasteiger partial charge in [-0.05, 0) is 92.3 Å². The predicted octanol–water partition coefficient (Wildman–Crippen LogP) is 4.14. The summed E-state index contributed by atoms with van der Waals surface area (Å²) in [5.74, 6) is 1.97. The van der Waals surface area contributed by atoms with Crippen molar-refractivity contribution in [1.82, 2.24) is 0 Å². The topological polar surface area (TPSA) is 40.5 Å². The highest BCUT2D eigenvalue weighted by atomic mass is 16.3. The van der Waals surface area contributed by atoms with Crippen LogP contribution in [0.4, 0.5) is 0 Å². The van der Waals surface area contributed by atoms with Gasteiger partial charge in [0.25, 0.3) is 0 Å². The average molecular weight is 306 g/mol. The third-order valence-corrected chi connectivity index (χ3v) is 9.03. The van der Waals surface area contributed by atoms with Crippen molar-refractivity contribution < 1.29 is 10.2 Å². The van der Waals surface area contributed by atoms with E-state index in [0.717, 1.165) is 12.3 Å². The van der Waals surface area contributed by atoms with Crippen LogP contribution in [0, 0.1) is 34.0 Å². The molecule has 2 bridgehead atoms. The van der Waals surface area contributed by atoms with Gasteiger partial charge in [0.1, 0.15) is 0 Å². The van der Waals surface area contributed by atoms with Gasteiger partial charge in [-0.25, -0.2) is 0 Å². The van der Waals surface area contributed by atoms with E-state index in [1.54, 1.807) is 0 Å². The normalized spacial score (nSPS) is 60.7. The van der Waals surface area contributed by atoms with Gasteiger partial charge in [0.15, 0.2) is 0 Å². The lowest BCUT2D eigenvalue weighted by atomic mass is 9.36. The van der Waals surface area contributed by atoms with Gasteiger partial charge in [0.05, 0.1) is 5.60 Å². The Morgan fingerprint density at radius 3 is 2.36 bits per heavy atom. The Morgan fingerprint density at radius 1 is 0.955 bits per heavy atom. The lowest BCUT2D eigenvalue weighted by Crippen LogP contribution is -2.64. The van der Waals surface area contributed by atoms with Gasteiger partial charge < -0.3 is 10.2 Å². The number of hydrogen-bond acceptors (Lipinski definition) is 2. The molecule has 5 aliphatic rings. The Labute approximate surface area is 135 Å². The maximum atomic E-state index is 10.9. The van der Waals surface area contributed by atoms with Crippen LogP contribution in [0.15, 0.2) is 0 Å². The maximum absolute atomic E-state index is 10.9.